The molecule has 146 valence electrons. The molecule has 0 saturated carbocycles. The Kier molecular flexibility index (Phi) is 3.86. The van der Waals surface area contributed by atoms with Gasteiger partial charge in [0.25, 0.3) is 0 Å². The van der Waals surface area contributed by atoms with E-state index >= 15 is 0 Å². The second-order valence-corrected chi connectivity index (χ2v) is 8.61. The molecule has 3 heterocycles. The predicted molar refractivity (Wildman–Crippen MR) is 125 cm³/mol. The van der Waals surface area contributed by atoms with Crippen LogP contribution in [0.1, 0.15) is 16.8 Å². The first-order valence-corrected chi connectivity index (χ1v) is 10.6. The lowest BCUT2D eigenvalue weighted by Gasteiger charge is -2.08. The lowest BCUT2D eigenvalue weighted by atomic mass is 9.99. The minimum Gasteiger partial charge on any atom is -0.354 e. The molecule has 30 heavy (non-hydrogen) atoms. The summed E-state index contributed by atoms with van der Waals surface area (Å²) in [5.41, 5.74) is 8.68. The van der Waals surface area contributed by atoms with Crippen LogP contribution in [0.3, 0.4) is 0 Å². The van der Waals surface area contributed by atoms with E-state index in [1.807, 2.05) is 18.2 Å². The maximum Gasteiger partial charge on any atom is 0.144 e. The summed E-state index contributed by atoms with van der Waals surface area (Å²) in [5.74, 6) is 0.974. The summed E-state index contributed by atoms with van der Waals surface area (Å²) in [4.78, 5) is 8.67. The number of benzene rings is 3. The quantitative estimate of drug-likeness (QED) is 0.299. The number of imidazole rings is 1. The summed E-state index contributed by atoms with van der Waals surface area (Å²) in [6, 6.07) is 20.5. The van der Waals surface area contributed by atoms with Gasteiger partial charge >= 0.3 is 0 Å². The van der Waals surface area contributed by atoms with Crippen LogP contribution in [0.4, 0.5) is 0 Å². The Morgan fingerprint density at radius 2 is 1.77 bits per heavy atom. The van der Waals surface area contributed by atoms with Crippen LogP contribution >= 0.6 is 23.2 Å². The molecule has 0 fully saturated rings. The molecule has 2 aromatic heterocycles. The summed E-state index contributed by atoms with van der Waals surface area (Å²) in [5, 5.41) is 2.40. The second kappa shape index (κ2) is 6.49. The third kappa shape index (κ3) is 2.63. The third-order valence-corrected chi connectivity index (χ3v) is 6.19. The number of nitrogens with one attached hydrogen (secondary N) is 1. The van der Waals surface area contributed by atoms with Gasteiger partial charge in [-0.3, -0.25) is 0 Å². The summed E-state index contributed by atoms with van der Waals surface area (Å²) >= 11 is 12.7. The molecule has 1 N–H and O–H groups in total. The Labute approximate surface area is 183 Å². The van der Waals surface area contributed by atoms with Crippen molar-refractivity contribution in [2.24, 2.45) is 0 Å². The number of aromatic amines is 1. The van der Waals surface area contributed by atoms with Gasteiger partial charge in [-0.1, -0.05) is 53.5 Å². The van der Waals surface area contributed by atoms with Gasteiger partial charge in [0.05, 0.1) is 22.3 Å². The molecule has 6 rings (SSSR count). The molecule has 0 atom stereocenters. The van der Waals surface area contributed by atoms with E-state index in [-0.39, 0.29) is 0 Å². The van der Waals surface area contributed by atoms with Gasteiger partial charge in [0.15, 0.2) is 0 Å². The number of fused-ring (bicyclic) bond motifs is 7. The number of allylic oxidation sites excluding steroid dienone is 1. The largest absolute Gasteiger partial charge is 0.354 e. The van der Waals surface area contributed by atoms with Gasteiger partial charge in [-0.15, -0.1) is 0 Å². The van der Waals surface area contributed by atoms with Gasteiger partial charge in [0.1, 0.15) is 5.82 Å². The highest BCUT2D eigenvalue weighted by molar-refractivity contribution is 6.35. The van der Waals surface area contributed by atoms with Gasteiger partial charge in [0, 0.05) is 33.1 Å². The van der Waals surface area contributed by atoms with E-state index in [1.54, 1.807) is 6.07 Å². The van der Waals surface area contributed by atoms with E-state index < -0.39 is 0 Å². The first-order chi connectivity index (χ1) is 14.6. The number of aromatic nitrogens is 3. The van der Waals surface area contributed by atoms with Crippen molar-refractivity contribution in [3.63, 3.8) is 0 Å². The summed E-state index contributed by atoms with van der Waals surface area (Å²) in [6.07, 6.45) is 2.23. The average molecular weight is 430 g/mol. The molecular weight excluding hydrogens is 413 g/mol. The van der Waals surface area contributed by atoms with Gasteiger partial charge < -0.3 is 9.55 Å². The number of nitrogens with zero attached hydrogens (tertiary/aromatic N) is 2. The molecule has 0 aliphatic carbocycles. The molecule has 3 aromatic carbocycles. The zero-order valence-corrected chi connectivity index (χ0v) is 17.7. The standard InChI is InChI=1S/C25H17Cl2N3/c1-14-6-7-21-22(10-14)30-9-8-18(15-11-16(26)13-17(27)12-15)24-23(25(30)29-21)19-4-2-3-5-20(19)28-24/h2-8,10-13,28H,9H2,1H3. The third-order valence-electron chi connectivity index (χ3n) is 5.75. The number of halogens is 2. The first kappa shape index (κ1) is 17.8. The predicted octanol–water partition coefficient (Wildman–Crippen LogP) is 7.25. The Bertz CT molecular complexity index is 1480. The maximum atomic E-state index is 6.34. The van der Waals surface area contributed by atoms with Crippen molar-refractivity contribution in [1.29, 1.82) is 0 Å². The Hall–Kier alpha value is -3.01. The normalized spacial score (nSPS) is 13.2. The van der Waals surface area contributed by atoms with Crippen molar-refractivity contribution < 1.29 is 0 Å². The summed E-state index contributed by atoms with van der Waals surface area (Å²) in [6.45, 7) is 2.83. The zero-order chi connectivity index (χ0) is 20.4. The molecule has 0 radical (unpaired) electrons. The fourth-order valence-electron chi connectivity index (χ4n) is 4.44. The number of H-pyrrole nitrogens is 1. The van der Waals surface area contributed by atoms with E-state index in [4.69, 9.17) is 28.2 Å². The van der Waals surface area contributed by atoms with Crippen LogP contribution in [-0.2, 0) is 6.54 Å². The highest BCUT2D eigenvalue weighted by atomic mass is 35.5. The second-order valence-electron chi connectivity index (χ2n) is 7.73. The van der Waals surface area contributed by atoms with Crippen molar-refractivity contribution in [3.05, 3.63) is 93.6 Å². The smallest absolute Gasteiger partial charge is 0.144 e. The number of rotatable bonds is 1. The van der Waals surface area contributed by atoms with Crippen LogP contribution in [0.25, 0.3) is 38.9 Å². The van der Waals surface area contributed by atoms with E-state index in [2.05, 4.69) is 58.9 Å². The fourth-order valence-corrected chi connectivity index (χ4v) is 4.97. The fraction of sp³-hybridized carbons (Fsp3) is 0.0800. The average Bonchev–Trinajstić information content (AvgIpc) is 3.21. The monoisotopic (exact) mass is 429 g/mol. The Balaban J connectivity index is 1.72. The zero-order valence-electron chi connectivity index (χ0n) is 16.2. The van der Waals surface area contributed by atoms with Crippen LogP contribution in [0.2, 0.25) is 10.0 Å². The molecular formula is C25H17Cl2N3. The first-order valence-electron chi connectivity index (χ1n) is 9.83. The van der Waals surface area contributed by atoms with Crippen LogP contribution in [0, 0.1) is 6.92 Å². The van der Waals surface area contributed by atoms with Crippen molar-refractivity contribution >= 4 is 50.7 Å². The van der Waals surface area contributed by atoms with E-state index in [1.165, 1.54) is 5.56 Å². The lowest BCUT2D eigenvalue weighted by molar-refractivity contribution is 0.866. The van der Waals surface area contributed by atoms with Gasteiger partial charge in [-0.25, -0.2) is 4.98 Å². The van der Waals surface area contributed by atoms with Crippen molar-refractivity contribution in [2.45, 2.75) is 13.5 Å². The molecule has 0 bridgehead atoms. The van der Waals surface area contributed by atoms with Crippen molar-refractivity contribution in [1.82, 2.24) is 14.5 Å². The van der Waals surface area contributed by atoms with Gasteiger partial charge in [-0.05, 0) is 54.4 Å². The maximum absolute atomic E-state index is 6.34. The number of para-hydroxylation sites is 1. The number of aryl methyl sites for hydroxylation is 1. The van der Waals surface area contributed by atoms with E-state index in [0.29, 0.717) is 16.6 Å². The number of hydrogen-bond acceptors (Lipinski definition) is 1. The van der Waals surface area contributed by atoms with E-state index in [9.17, 15) is 0 Å². The minimum atomic E-state index is 0.624. The highest BCUT2D eigenvalue weighted by Gasteiger charge is 2.25. The Morgan fingerprint density at radius 1 is 0.967 bits per heavy atom. The SMILES string of the molecule is Cc1ccc2nc3n(c2c1)CC=C(c1cc(Cl)cc(Cl)c1)c1[nH]c2ccccc2c1-3. The highest BCUT2D eigenvalue weighted by Crippen LogP contribution is 2.42. The molecule has 3 nitrogen and oxygen atoms in total. The molecule has 1 aliphatic rings. The molecule has 0 unspecified atom stereocenters. The minimum absolute atomic E-state index is 0.624. The Morgan fingerprint density at radius 3 is 2.60 bits per heavy atom. The topological polar surface area (TPSA) is 33.6 Å². The van der Waals surface area contributed by atoms with Gasteiger partial charge in [0.2, 0.25) is 0 Å². The molecule has 1 aliphatic heterocycles. The summed E-state index contributed by atoms with van der Waals surface area (Å²) < 4.78 is 2.29. The summed E-state index contributed by atoms with van der Waals surface area (Å²) in [7, 11) is 0. The van der Waals surface area contributed by atoms with Crippen LogP contribution in [0.15, 0.2) is 66.7 Å². The van der Waals surface area contributed by atoms with Crippen molar-refractivity contribution in [2.75, 3.05) is 0 Å². The van der Waals surface area contributed by atoms with Gasteiger partial charge in [-0.2, -0.15) is 0 Å². The molecule has 0 amide bonds. The molecule has 5 aromatic rings. The molecule has 0 saturated heterocycles. The van der Waals surface area contributed by atoms with E-state index in [0.717, 1.165) is 50.2 Å². The van der Waals surface area contributed by atoms with Crippen LogP contribution in [-0.4, -0.2) is 14.5 Å². The molecule has 0 spiro atoms. The molecule has 5 heteroatoms. The van der Waals surface area contributed by atoms with Crippen LogP contribution in [0.5, 0.6) is 0 Å². The lowest BCUT2D eigenvalue weighted by Crippen LogP contribution is -1.97. The van der Waals surface area contributed by atoms with Crippen LogP contribution < -0.4 is 0 Å². The number of hydrogen-bond donors (Lipinski definition) is 1. The van der Waals surface area contributed by atoms with Crippen molar-refractivity contribution in [3.8, 4) is 11.4 Å².